The monoisotopic (exact) mass is 291 g/mol. The molecule has 2 rings (SSSR count). The predicted molar refractivity (Wildman–Crippen MR) is 82.8 cm³/mol. The Bertz CT molecular complexity index is 475. The number of nitriles is 1. The van der Waals surface area contributed by atoms with Crippen molar-refractivity contribution in [3.63, 3.8) is 0 Å². The Hall–Kier alpha value is -1.08. The van der Waals surface area contributed by atoms with E-state index in [9.17, 15) is 0 Å². The van der Waals surface area contributed by atoms with Gasteiger partial charge in [0.1, 0.15) is 0 Å². The van der Waals surface area contributed by atoms with Crippen molar-refractivity contribution in [2.75, 3.05) is 19.6 Å². The van der Waals surface area contributed by atoms with Gasteiger partial charge in [0.05, 0.1) is 11.6 Å². The first-order valence-corrected chi connectivity index (χ1v) is 7.72. The fraction of sp³-hybridized carbons (Fsp3) is 0.562. The van der Waals surface area contributed by atoms with Crippen molar-refractivity contribution in [1.82, 2.24) is 10.2 Å². The van der Waals surface area contributed by atoms with Crippen LogP contribution in [0.2, 0.25) is 5.02 Å². The molecule has 1 atom stereocenters. The first-order valence-electron chi connectivity index (χ1n) is 7.34. The van der Waals surface area contributed by atoms with Crippen LogP contribution in [-0.2, 0) is 6.54 Å². The number of likely N-dealkylation sites (tertiary alicyclic amines) is 1. The lowest BCUT2D eigenvalue weighted by molar-refractivity contribution is 0.170. The van der Waals surface area contributed by atoms with Crippen molar-refractivity contribution < 1.29 is 0 Å². The first-order chi connectivity index (χ1) is 9.70. The molecule has 0 radical (unpaired) electrons. The van der Waals surface area contributed by atoms with Crippen LogP contribution >= 0.6 is 11.6 Å². The molecule has 1 aromatic rings. The number of hydrogen-bond donors (Lipinski definition) is 1. The summed E-state index contributed by atoms with van der Waals surface area (Å²) in [6.45, 7) is 6.44. The van der Waals surface area contributed by atoms with E-state index in [0.29, 0.717) is 16.6 Å². The summed E-state index contributed by atoms with van der Waals surface area (Å²) in [6.07, 6.45) is 4.02. The van der Waals surface area contributed by atoms with E-state index in [1.165, 1.54) is 32.4 Å². The van der Waals surface area contributed by atoms with Crippen molar-refractivity contribution in [3.8, 4) is 6.07 Å². The molecule has 108 valence electrons. The highest BCUT2D eigenvalue weighted by Gasteiger charge is 2.16. The molecule has 20 heavy (non-hydrogen) atoms. The Morgan fingerprint density at radius 1 is 1.35 bits per heavy atom. The second kappa shape index (κ2) is 7.64. The highest BCUT2D eigenvalue weighted by Crippen LogP contribution is 2.17. The Labute approximate surface area is 126 Å². The number of benzene rings is 1. The molecule has 1 fully saturated rings. The summed E-state index contributed by atoms with van der Waals surface area (Å²) in [5.41, 5.74) is 1.66. The number of nitrogens with zero attached hydrogens (tertiary/aromatic N) is 2. The molecule has 1 N–H and O–H groups in total. The Morgan fingerprint density at radius 3 is 2.75 bits per heavy atom. The summed E-state index contributed by atoms with van der Waals surface area (Å²) < 4.78 is 0. The normalized spacial score (nSPS) is 17.6. The minimum atomic E-state index is 0.562. The van der Waals surface area contributed by atoms with Gasteiger partial charge in [0.25, 0.3) is 0 Å². The van der Waals surface area contributed by atoms with Gasteiger partial charge in [-0.1, -0.05) is 24.1 Å². The van der Waals surface area contributed by atoms with Crippen LogP contribution < -0.4 is 5.32 Å². The van der Waals surface area contributed by atoms with E-state index in [2.05, 4.69) is 23.2 Å². The molecule has 1 aliphatic rings. The van der Waals surface area contributed by atoms with Gasteiger partial charge in [-0.2, -0.15) is 5.26 Å². The third-order valence-electron chi connectivity index (χ3n) is 3.95. The minimum Gasteiger partial charge on any atom is -0.311 e. The van der Waals surface area contributed by atoms with Crippen LogP contribution in [0.1, 0.15) is 37.3 Å². The Morgan fingerprint density at radius 2 is 2.10 bits per heavy atom. The third-order valence-corrected chi connectivity index (χ3v) is 4.30. The molecule has 1 aromatic carbocycles. The van der Waals surface area contributed by atoms with Gasteiger partial charge in [-0.15, -0.1) is 0 Å². The van der Waals surface area contributed by atoms with Gasteiger partial charge in [-0.25, -0.2) is 0 Å². The molecule has 0 bridgehead atoms. The number of nitrogens with one attached hydrogen (secondary N) is 1. The van der Waals surface area contributed by atoms with E-state index >= 15 is 0 Å². The van der Waals surface area contributed by atoms with Crippen LogP contribution in [0.15, 0.2) is 18.2 Å². The van der Waals surface area contributed by atoms with E-state index in [4.69, 9.17) is 16.9 Å². The summed E-state index contributed by atoms with van der Waals surface area (Å²) in [5, 5.41) is 13.0. The standard InChI is InChI=1S/C16H22ClN3/c1-13(20-7-3-2-4-8-20)11-19-12-15-6-5-14(10-18)9-16(15)17/h5-6,9,13,19H,2-4,7-8,11-12H2,1H3. The lowest BCUT2D eigenvalue weighted by Gasteiger charge is -2.32. The molecule has 1 unspecified atom stereocenters. The number of piperidine rings is 1. The maximum Gasteiger partial charge on any atom is 0.0992 e. The summed E-state index contributed by atoms with van der Waals surface area (Å²) in [7, 11) is 0. The summed E-state index contributed by atoms with van der Waals surface area (Å²) in [6, 6.07) is 8.14. The summed E-state index contributed by atoms with van der Waals surface area (Å²) in [5.74, 6) is 0. The zero-order valence-corrected chi connectivity index (χ0v) is 12.8. The SMILES string of the molecule is CC(CNCc1ccc(C#N)cc1Cl)N1CCCCC1. The van der Waals surface area contributed by atoms with Crippen molar-refractivity contribution >= 4 is 11.6 Å². The zero-order valence-electron chi connectivity index (χ0n) is 12.0. The van der Waals surface area contributed by atoms with Crippen LogP contribution in [0.4, 0.5) is 0 Å². The predicted octanol–water partition coefficient (Wildman–Crippen LogP) is 3.18. The Kier molecular flexibility index (Phi) is 5.85. The van der Waals surface area contributed by atoms with Gasteiger partial charge in [0, 0.05) is 24.2 Å². The fourth-order valence-corrected chi connectivity index (χ4v) is 2.91. The first kappa shape index (κ1) is 15.3. The lowest BCUT2D eigenvalue weighted by Crippen LogP contribution is -2.42. The van der Waals surface area contributed by atoms with E-state index in [0.717, 1.165) is 18.7 Å². The summed E-state index contributed by atoms with van der Waals surface area (Å²) >= 11 is 6.17. The van der Waals surface area contributed by atoms with Crippen LogP contribution in [0.3, 0.4) is 0 Å². The topological polar surface area (TPSA) is 39.1 Å². The second-order valence-electron chi connectivity index (χ2n) is 5.49. The third kappa shape index (κ3) is 4.21. The number of hydrogen-bond acceptors (Lipinski definition) is 3. The van der Waals surface area contributed by atoms with Gasteiger partial charge in [0.15, 0.2) is 0 Å². The molecular weight excluding hydrogens is 270 g/mol. The molecule has 1 aliphatic heterocycles. The number of halogens is 1. The van der Waals surface area contributed by atoms with E-state index in [-0.39, 0.29) is 0 Å². The molecule has 0 spiro atoms. The maximum absolute atomic E-state index is 8.82. The molecule has 1 heterocycles. The molecule has 0 aromatic heterocycles. The summed E-state index contributed by atoms with van der Waals surface area (Å²) in [4.78, 5) is 2.55. The van der Waals surface area contributed by atoms with Gasteiger partial charge in [-0.3, -0.25) is 4.90 Å². The van der Waals surface area contributed by atoms with Crippen molar-refractivity contribution in [1.29, 1.82) is 5.26 Å². The molecule has 3 nitrogen and oxygen atoms in total. The van der Waals surface area contributed by atoms with Gasteiger partial charge in [0.2, 0.25) is 0 Å². The zero-order chi connectivity index (χ0) is 14.4. The molecule has 0 saturated carbocycles. The molecule has 4 heteroatoms. The van der Waals surface area contributed by atoms with Gasteiger partial charge in [-0.05, 0) is 50.6 Å². The highest BCUT2D eigenvalue weighted by atomic mass is 35.5. The van der Waals surface area contributed by atoms with E-state index in [1.807, 2.05) is 12.1 Å². The van der Waals surface area contributed by atoms with E-state index < -0.39 is 0 Å². The molecule has 0 amide bonds. The second-order valence-corrected chi connectivity index (χ2v) is 5.90. The van der Waals surface area contributed by atoms with Crippen LogP contribution in [-0.4, -0.2) is 30.6 Å². The maximum atomic E-state index is 8.82. The quantitative estimate of drug-likeness (QED) is 0.906. The Balaban J connectivity index is 1.79. The molecule has 0 aliphatic carbocycles. The van der Waals surface area contributed by atoms with Crippen LogP contribution in [0.5, 0.6) is 0 Å². The average molecular weight is 292 g/mol. The average Bonchev–Trinajstić information content (AvgIpc) is 2.49. The van der Waals surface area contributed by atoms with Crippen molar-refractivity contribution in [3.05, 3.63) is 34.3 Å². The van der Waals surface area contributed by atoms with Gasteiger partial charge >= 0.3 is 0 Å². The smallest absolute Gasteiger partial charge is 0.0992 e. The molecule has 1 saturated heterocycles. The van der Waals surface area contributed by atoms with E-state index in [1.54, 1.807) is 6.07 Å². The number of rotatable bonds is 5. The molecular formula is C16H22ClN3. The minimum absolute atomic E-state index is 0.562. The van der Waals surface area contributed by atoms with Gasteiger partial charge < -0.3 is 5.32 Å². The van der Waals surface area contributed by atoms with Crippen molar-refractivity contribution in [2.45, 2.75) is 38.8 Å². The highest BCUT2D eigenvalue weighted by molar-refractivity contribution is 6.31. The fourth-order valence-electron chi connectivity index (χ4n) is 2.66. The largest absolute Gasteiger partial charge is 0.311 e. The van der Waals surface area contributed by atoms with Crippen LogP contribution in [0.25, 0.3) is 0 Å². The van der Waals surface area contributed by atoms with Crippen molar-refractivity contribution in [2.24, 2.45) is 0 Å². The van der Waals surface area contributed by atoms with Crippen LogP contribution in [0, 0.1) is 11.3 Å². The lowest BCUT2D eigenvalue weighted by atomic mass is 10.1.